The summed E-state index contributed by atoms with van der Waals surface area (Å²) in [5.74, 6) is -0.495. The summed E-state index contributed by atoms with van der Waals surface area (Å²) in [5.41, 5.74) is 0.593. The number of hydrogen-bond donors (Lipinski definition) is 0. The molecule has 0 saturated carbocycles. The molecule has 14 heavy (non-hydrogen) atoms. The van der Waals surface area contributed by atoms with Gasteiger partial charge >= 0.3 is 37.7 Å². The van der Waals surface area contributed by atoms with Crippen LogP contribution in [-0.4, -0.2) is 7.11 Å². The smallest absolute Gasteiger partial charge is 0.884 e. The average molecular weight is 178 g/mol. The van der Waals surface area contributed by atoms with Crippen molar-refractivity contribution >= 4 is 6.08 Å². The zero-order valence-electron chi connectivity index (χ0n) is 8.61. The van der Waals surface area contributed by atoms with Gasteiger partial charge in [-0.3, -0.25) is 0 Å². The van der Waals surface area contributed by atoms with E-state index in [9.17, 15) is 10.2 Å². The molecule has 5 heteroatoms. The summed E-state index contributed by atoms with van der Waals surface area (Å²) >= 11 is 0. The molecule has 0 bridgehead atoms. The van der Waals surface area contributed by atoms with Crippen molar-refractivity contribution in [3.05, 3.63) is 35.8 Å². The Kier molecular flexibility index (Phi) is 9.04. The van der Waals surface area contributed by atoms with Crippen molar-refractivity contribution < 1.29 is 52.7 Å². The van der Waals surface area contributed by atoms with Gasteiger partial charge in [0.2, 0.25) is 0 Å². The van der Waals surface area contributed by atoms with E-state index in [2.05, 4.69) is 0 Å². The molecule has 0 saturated heterocycles. The third-order valence-corrected chi connectivity index (χ3v) is 1.40. The molecule has 0 amide bonds. The van der Waals surface area contributed by atoms with Gasteiger partial charge in [-0.1, -0.05) is 18.2 Å². The Morgan fingerprint density at radius 1 is 1.14 bits per heavy atom. The first kappa shape index (κ1) is 16.0. The van der Waals surface area contributed by atoms with Crippen molar-refractivity contribution in [1.29, 1.82) is 0 Å². The topological polar surface area (TPSA) is 55.3 Å². The Morgan fingerprint density at radius 2 is 1.64 bits per heavy atom. The van der Waals surface area contributed by atoms with Crippen molar-refractivity contribution in [1.82, 2.24) is 0 Å². The van der Waals surface area contributed by atoms with Gasteiger partial charge in [0, 0.05) is 0 Å². The van der Waals surface area contributed by atoms with Crippen molar-refractivity contribution in [3.8, 4) is 5.75 Å². The molecule has 0 heterocycles. The number of methoxy groups -OCH3 is 1. The van der Waals surface area contributed by atoms with Crippen molar-refractivity contribution in [2.45, 2.75) is 0 Å². The van der Waals surface area contributed by atoms with Gasteiger partial charge in [0.05, 0.1) is 7.11 Å². The van der Waals surface area contributed by atoms with Crippen LogP contribution in [0, 0.1) is 0 Å². The van der Waals surface area contributed by atoms with Gasteiger partial charge in [-0.05, 0) is 17.7 Å². The van der Waals surface area contributed by atoms with Crippen molar-refractivity contribution in [3.63, 3.8) is 0 Å². The second-order valence-corrected chi connectivity index (χ2v) is 2.24. The van der Waals surface area contributed by atoms with Crippen LogP contribution in [0.1, 0.15) is 5.56 Å². The molecule has 0 spiro atoms. The van der Waals surface area contributed by atoms with E-state index in [1.54, 1.807) is 31.4 Å². The minimum absolute atomic E-state index is 0. The molecule has 1 rings (SSSR count). The van der Waals surface area contributed by atoms with Gasteiger partial charge in [0.25, 0.3) is 0 Å². The first-order valence-electron chi connectivity index (χ1n) is 3.42. The summed E-state index contributed by atoms with van der Waals surface area (Å²) in [6, 6.07) is 6.67. The summed E-state index contributed by atoms with van der Waals surface area (Å²) < 4.78 is 4.90. The normalized spacial score (nSPS) is 7.79. The zero-order chi connectivity index (χ0) is 8.97. The molecule has 1 aromatic carbocycles. The average Bonchev–Trinajstić information content (AvgIpc) is 2.05. The van der Waals surface area contributed by atoms with Crippen molar-refractivity contribution in [2.24, 2.45) is 0 Å². The second kappa shape index (κ2) is 7.91. The number of rotatable bonds is 2. The molecular weight excluding hydrogens is 170 g/mol. The summed E-state index contributed by atoms with van der Waals surface area (Å²) in [6.45, 7) is 0. The fourth-order valence-corrected chi connectivity index (χ4v) is 0.836. The molecule has 0 aromatic heterocycles. The Bertz CT molecular complexity index is 279. The molecule has 0 aliphatic heterocycles. The zero-order valence-corrected chi connectivity index (χ0v) is 8.61. The van der Waals surface area contributed by atoms with Gasteiger partial charge in [-0.2, -0.15) is 0 Å². The molecule has 0 atom stereocenters. The summed E-state index contributed by atoms with van der Waals surface area (Å²) in [4.78, 5) is 0. The van der Waals surface area contributed by atoms with Crippen LogP contribution < -0.4 is 52.7 Å². The van der Waals surface area contributed by atoms with Gasteiger partial charge in [-0.25, -0.2) is 5.95 Å². The SMILES string of the molecule is COc1ccc(C=C([O-])[O-])cc1.[Li+].[Li+]. The largest absolute Gasteiger partial charge is 1.00 e. The minimum Gasteiger partial charge on any atom is -0.884 e. The second-order valence-electron chi connectivity index (χ2n) is 2.24. The monoisotopic (exact) mass is 178 g/mol. The fraction of sp³-hybridized carbons (Fsp3) is 0.111. The van der Waals surface area contributed by atoms with E-state index in [1.165, 1.54) is 0 Å². The van der Waals surface area contributed by atoms with Crippen LogP contribution in [0.5, 0.6) is 5.75 Å². The standard InChI is InChI=1S/C9H10O3.2Li/c1-12-8-4-2-7(3-5-8)6-9(10)11;;/h2-6,10-11H,1H3;;/q;2*+1/p-2. The number of hydrogen-bond acceptors (Lipinski definition) is 3. The quantitative estimate of drug-likeness (QED) is 0.334. The first-order chi connectivity index (χ1) is 5.72. The van der Waals surface area contributed by atoms with Gasteiger partial charge < -0.3 is 14.9 Å². The Balaban J connectivity index is 0. The molecule has 0 radical (unpaired) electrons. The Hall–Kier alpha value is -0.445. The summed E-state index contributed by atoms with van der Waals surface area (Å²) in [5, 5.41) is 20.3. The predicted molar refractivity (Wildman–Crippen MR) is 41.0 cm³/mol. The predicted octanol–water partition coefficient (Wildman–Crippen LogP) is -6.28. The molecule has 0 fully saturated rings. The van der Waals surface area contributed by atoms with Crippen molar-refractivity contribution in [2.75, 3.05) is 7.11 Å². The Labute approximate surface area is 107 Å². The van der Waals surface area contributed by atoms with E-state index < -0.39 is 5.95 Å². The summed E-state index contributed by atoms with van der Waals surface area (Å²) in [6.07, 6.45) is 1.03. The fourth-order valence-electron chi connectivity index (χ4n) is 0.836. The van der Waals surface area contributed by atoms with Crippen LogP contribution in [0.2, 0.25) is 0 Å². The molecule has 0 N–H and O–H groups in total. The molecule has 1 aromatic rings. The van der Waals surface area contributed by atoms with Gasteiger partial charge in [-0.15, -0.1) is 0 Å². The van der Waals surface area contributed by atoms with E-state index in [4.69, 9.17) is 4.74 Å². The van der Waals surface area contributed by atoms with E-state index in [-0.39, 0.29) is 37.7 Å². The van der Waals surface area contributed by atoms with Crippen LogP contribution in [0.4, 0.5) is 0 Å². The maximum atomic E-state index is 10.1. The Morgan fingerprint density at radius 3 is 2.00 bits per heavy atom. The third kappa shape index (κ3) is 5.32. The van der Waals surface area contributed by atoms with E-state index in [0.29, 0.717) is 11.3 Å². The first-order valence-corrected chi connectivity index (χ1v) is 3.42. The van der Waals surface area contributed by atoms with E-state index in [1.807, 2.05) is 0 Å². The van der Waals surface area contributed by atoms with Gasteiger partial charge in [0.15, 0.2) is 0 Å². The van der Waals surface area contributed by atoms with Crippen LogP contribution in [0.3, 0.4) is 0 Å². The van der Waals surface area contributed by atoms with Crippen LogP contribution in [0.25, 0.3) is 6.08 Å². The van der Waals surface area contributed by atoms with Gasteiger partial charge in [0.1, 0.15) is 5.75 Å². The number of ether oxygens (including phenoxy) is 1. The molecule has 0 aliphatic carbocycles. The molecule has 0 unspecified atom stereocenters. The maximum Gasteiger partial charge on any atom is 1.00 e. The molecule has 64 valence electrons. The van der Waals surface area contributed by atoms with Crippen LogP contribution >= 0.6 is 0 Å². The van der Waals surface area contributed by atoms with E-state index in [0.717, 1.165) is 6.08 Å². The van der Waals surface area contributed by atoms with Crippen LogP contribution in [0.15, 0.2) is 30.2 Å². The summed E-state index contributed by atoms with van der Waals surface area (Å²) in [7, 11) is 1.55. The van der Waals surface area contributed by atoms with E-state index >= 15 is 0 Å². The minimum atomic E-state index is -1.19. The number of benzene rings is 1. The maximum absolute atomic E-state index is 10.1. The molecule has 0 aliphatic rings. The molecule has 3 nitrogen and oxygen atoms in total. The van der Waals surface area contributed by atoms with Crippen LogP contribution in [-0.2, 0) is 0 Å². The molecular formula is C9H8Li2O3. The third-order valence-electron chi connectivity index (χ3n) is 1.40.